The van der Waals surface area contributed by atoms with Crippen LogP contribution in [0.3, 0.4) is 0 Å². The summed E-state index contributed by atoms with van der Waals surface area (Å²) in [4.78, 5) is 54.6. The number of benzene rings is 2. The minimum atomic E-state index is -1.72. The second kappa shape index (κ2) is 9.14. The van der Waals surface area contributed by atoms with Crippen molar-refractivity contribution in [2.45, 2.75) is 31.4 Å². The van der Waals surface area contributed by atoms with Crippen LogP contribution in [0, 0.1) is 5.92 Å². The van der Waals surface area contributed by atoms with Gasteiger partial charge in [-0.15, -0.1) is 0 Å². The van der Waals surface area contributed by atoms with Gasteiger partial charge < -0.3 is 25.2 Å². The molecule has 1 saturated heterocycles. The number of carbonyl (C=O) groups excluding carboxylic acids is 4. The summed E-state index contributed by atoms with van der Waals surface area (Å²) >= 11 is 0. The summed E-state index contributed by atoms with van der Waals surface area (Å²) in [5.74, 6) is -0.526. The van der Waals surface area contributed by atoms with Crippen LogP contribution in [0.25, 0.3) is 0 Å². The molecule has 1 saturated carbocycles. The quantitative estimate of drug-likeness (QED) is 0.595. The lowest BCUT2D eigenvalue weighted by Crippen LogP contribution is -2.46. The SMILES string of the molecule is CNC(=O)Nc1ccc2c(c1)CC(=O)[C@]21OCN(CC(=O)N(Cc2ccccc2)CC2CC2)C1=O. The molecule has 4 amide bonds. The van der Waals surface area contributed by atoms with E-state index in [9.17, 15) is 19.2 Å². The highest BCUT2D eigenvalue weighted by Gasteiger charge is 2.59. The summed E-state index contributed by atoms with van der Waals surface area (Å²) in [5, 5.41) is 5.14. The van der Waals surface area contributed by atoms with Gasteiger partial charge in [0, 0.05) is 37.8 Å². The smallest absolute Gasteiger partial charge is 0.318 e. The van der Waals surface area contributed by atoms with Crippen LogP contribution >= 0.6 is 0 Å². The molecule has 2 aliphatic carbocycles. The minimum absolute atomic E-state index is 0.0218. The number of Topliss-reactive ketones (excluding diaryl/α,β-unsaturated/α-hetero) is 1. The number of fused-ring (bicyclic) bond motifs is 2. The number of carbonyl (C=O) groups is 4. The summed E-state index contributed by atoms with van der Waals surface area (Å²) in [6.45, 7) is 0.868. The van der Waals surface area contributed by atoms with Gasteiger partial charge in [-0.1, -0.05) is 36.4 Å². The first-order valence-electron chi connectivity index (χ1n) is 11.8. The van der Waals surface area contributed by atoms with Crippen molar-refractivity contribution < 1.29 is 23.9 Å². The van der Waals surface area contributed by atoms with Gasteiger partial charge in [-0.3, -0.25) is 14.4 Å². The summed E-state index contributed by atoms with van der Waals surface area (Å²) in [6, 6.07) is 14.3. The van der Waals surface area contributed by atoms with Crippen LogP contribution in [0.4, 0.5) is 10.5 Å². The lowest BCUT2D eigenvalue weighted by Gasteiger charge is -2.26. The molecular formula is C26H28N4O5. The maximum absolute atomic E-state index is 13.5. The van der Waals surface area contributed by atoms with Gasteiger partial charge in [0.15, 0.2) is 5.78 Å². The normalized spacial score (nSPS) is 20.8. The number of urea groups is 1. The Morgan fingerprint density at radius 3 is 2.63 bits per heavy atom. The topological polar surface area (TPSA) is 108 Å². The molecule has 2 aromatic carbocycles. The van der Waals surface area contributed by atoms with Crippen molar-refractivity contribution in [3.8, 4) is 0 Å². The molecule has 9 nitrogen and oxygen atoms in total. The van der Waals surface area contributed by atoms with Crippen molar-refractivity contribution in [3.63, 3.8) is 0 Å². The third-order valence-corrected chi connectivity index (χ3v) is 6.81. The van der Waals surface area contributed by atoms with E-state index in [0.717, 1.165) is 18.4 Å². The van der Waals surface area contributed by atoms with Crippen LogP contribution in [0.5, 0.6) is 0 Å². The molecule has 3 aliphatic rings. The summed E-state index contributed by atoms with van der Waals surface area (Å²) in [6.07, 6.45) is 2.24. The van der Waals surface area contributed by atoms with Crippen molar-refractivity contribution in [2.75, 3.05) is 32.2 Å². The molecule has 0 unspecified atom stereocenters. The molecule has 1 atom stereocenters. The van der Waals surface area contributed by atoms with E-state index in [1.807, 2.05) is 30.3 Å². The zero-order valence-corrected chi connectivity index (χ0v) is 19.6. The maximum atomic E-state index is 13.5. The van der Waals surface area contributed by atoms with Crippen LogP contribution < -0.4 is 10.6 Å². The number of nitrogens with one attached hydrogen (secondary N) is 2. The Balaban J connectivity index is 1.32. The Morgan fingerprint density at radius 1 is 1.14 bits per heavy atom. The lowest BCUT2D eigenvalue weighted by atomic mass is 9.94. The van der Waals surface area contributed by atoms with Crippen LogP contribution in [0.2, 0.25) is 0 Å². The number of ether oxygens (including phenoxy) is 1. The Bertz CT molecular complexity index is 1180. The maximum Gasteiger partial charge on any atom is 0.318 e. The third-order valence-electron chi connectivity index (χ3n) is 6.81. The zero-order chi connectivity index (χ0) is 24.6. The number of hydrogen-bond donors (Lipinski definition) is 2. The van der Waals surface area contributed by atoms with E-state index < -0.39 is 11.5 Å². The summed E-state index contributed by atoms with van der Waals surface area (Å²) in [5.41, 5.74) is 0.932. The fraction of sp³-hybridized carbons (Fsp3) is 0.385. The van der Waals surface area contributed by atoms with Gasteiger partial charge in [0.2, 0.25) is 11.5 Å². The molecule has 1 spiro atoms. The van der Waals surface area contributed by atoms with Crippen LogP contribution in [-0.2, 0) is 37.7 Å². The van der Waals surface area contributed by atoms with Crippen molar-refractivity contribution in [1.82, 2.24) is 15.1 Å². The third kappa shape index (κ3) is 4.39. The van der Waals surface area contributed by atoms with E-state index in [4.69, 9.17) is 4.74 Å². The van der Waals surface area contributed by atoms with Gasteiger partial charge >= 0.3 is 6.03 Å². The second-order valence-electron chi connectivity index (χ2n) is 9.34. The molecule has 5 rings (SSSR count). The highest BCUT2D eigenvalue weighted by atomic mass is 16.5. The predicted octanol–water partition coefficient (Wildman–Crippen LogP) is 2.01. The highest BCUT2D eigenvalue weighted by Crippen LogP contribution is 2.43. The molecule has 0 radical (unpaired) electrons. The highest BCUT2D eigenvalue weighted by molar-refractivity contribution is 6.15. The van der Waals surface area contributed by atoms with Crippen molar-refractivity contribution >= 4 is 29.3 Å². The van der Waals surface area contributed by atoms with E-state index in [0.29, 0.717) is 35.8 Å². The average Bonchev–Trinajstić information content (AvgIpc) is 3.56. The molecular weight excluding hydrogens is 448 g/mol. The number of amides is 4. The Morgan fingerprint density at radius 2 is 1.91 bits per heavy atom. The molecule has 2 N–H and O–H groups in total. The predicted molar refractivity (Wildman–Crippen MR) is 127 cm³/mol. The summed E-state index contributed by atoms with van der Waals surface area (Å²) < 4.78 is 5.86. The fourth-order valence-corrected chi connectivity index (χ4v) is 4.76. The molecule has 0 aromatic heterocycles. The van der Waals surface area contributed by atoms with E-state index in [1.165, 1.54) is 11.9 Å². The van der Waals surface area contributed by atoms with Crippen LogP contribution in [-0.4, -0.2) is 60.3 Å². The van der Waals surface area contributed by atoms with Gasteiger partial charge in [-0.05, 0) is 42.0 Å². The molecule has 1 heterocycles. The van der Waals surface area contributed by atoms with E-state index in [2.05, 4.69) is 10.6 Å². The monoisotopic (exact) mass is 476 g/mol. The molecule has 0 bridgehead atoms. The fourth-order valence-electron chi connectivity index (χ4n) is 4.76. The largest absolute Gasteiger partial charge is 0.341 e. The van der Waals surface area contributed by atoms with E-state index in [1.54, 1.807) is 23.1 Å². The van der Waals surface area contributed by atoms with E-state index in [-0.39, 0.29) is 37.4 Å². The van der Waals surface area contributed by atoms with Crippen molar-refractivity contribution in [2.24, 2.45) is 5.92 Å². The number of anilines is 1. The van der Waals surface area contributed by atoms with Gasteiger partial charge in [-0.25, -0.2) is 4.79 Å². The van der Waals surface area contributed by atoms with Crippen LogP contribution in [0.15, 0.2) is 48.5 Å². The number of nitrogens with zero attached hydrogens (tertiary/aromatic N) is 2. The molecule has 35 heavy (non-hydrogen) atoms. The van der Waals surface area contributed by atoms with Gasteiger partial charge in [0.05, 0.1) is 0 Å². The second-order valence-corrected chi connectivity index (χ2v) is 9.34. The Hall–Kier alpha value is -3.72. The first-order chi connectivity index (χ1) is 16.9. The lowest BCUT2D eigenvalue weighted by molar-refractivity contribution is -0.149. The van der Waals surface area contributed by atoms with Crippen LogP contribution in [0.1, 0.15) is 29.5 Å². The van der Waals surface area contributed by atoms with Crippen molar-refractivity contribution in [3.05, 3.63) is 65.2 Å². The van der Waals surface area contributed by atoms with Gasteiger partial charge in [-0.2, -0.15) is 0 Å². The Kier molecular flexibility index (Phi) is 6.02. The Labute approximate surface area is 203 Å². The van der Waals surface area contributed by atoms with Gasteiger partial charge in [0.1, 0.15) is 13.3 Å². The standard InChI is InChI=1S/C26H28N4O5/c1-27-25(34)28-20-9-10-21-19(11-20)12-22(31)26(21)24(33)30(16-35-26)15-23(32)29(14-18-7-8-18)13-17-5-3-2-4-6-17/h2-6,9-11,18H,7-8,12-16H2,1H3,(H2,27,28,34)/t26-/m1/s1. The number of ketones is 1. The first kappa shape index (κ1) is 23.0. The zero-order valence-electron chi connectivity index (χ0n) is 19.6. The van der Waals surface area contributed by atoms with E-state index >= 15 is 0 Å². The summed E-state index contributed by atoms with van der Waals surface area (Å²) in [7, 11) is 1.51. The minimum Gasteiger partial charge on any atom is -0.341 e. The molecule has 2 aromatic rings. The van der Waals surface area contributed by atoms with Gasteiger partial charge in [0.25, 0.3) is 5.91 Å². The average molecular weight is 477 g/mol. The first-order valence-corrected chi connectivity index (χ1v) is 11.8. The molecule has 2 fully saturated rings. The molecule has 9 heteroatoms. The number of hydrogen-bond acceptors (Lipinski definition) is 5. The van der Waals surface area contributed by atoms with Crippen molar-refractivity contribution in [1.29, 1.82) is 0 Å². The molecule has 182 valence electrons. The molecule has 1 aliphatic heterocycles. The number of rotatable bonds is 7.